The number of hydrogen-bond acceptors (Lipinski definition) is 4. The molecule has 1 heterocycles. The van der Waals surface area contributed by atoms with Crippen molar-refractivity contribution in [1.82, 2.24) is 4.98 Å². The summed E-state index contributed by atoms with van der Waals surface area (Å²) in [4.78, 5) is 14.5. The number of anilines is 1. The first-order chi connectivity index (χ1) is 9.58. The average molecular weight is 271 g/mol. The van der Waals surface area contributed by atoms with Crippen molar-refractivity contribution in [2.45, 2.75) is 26.3 Å². The van der Waals surface area contributed by atoms with Gasteiger partial charge in [0.2, 0.25) is 5.82 Å². The number of nitrogens with zero attached hydrogens (tertiary/aromatic N) is 2. The monoisotopic (exact) mass is 271 g/mol. The van der Waals surface area contributed by atoms with E-state index in [9.17, 15) is 10.1 Å². The van der Waals surface area contributed by atoms with Crippen molar-refractivity contribution < 1.29 is 4.92 Å². The van der Waals surface area contributed by atoms with Gasteiger partial charge in [-0.1, -0.05) is 38.1 Å². The standard InChI is InChI=1S/C15H17N3O2/c1-11(2)13-7-5-12(6-8-13)10-17-15-14(18(19)20)4-3-9-16-15/h3-9,11H,10H2,1-2H3,(H,16,17). The number of hydrogen-bond donors (Lipinski definition) is 1. The van der Waals surface area contributed by atoms with Crippen molar-refractivity contribution in [3.05, 3.63) is 63.8 Å². The topological polar surface area (TPSA) is 68.1 Å². The molecule has 0 bridgehead atoms. The minimum Gasteiger partial charge on any atom is -0.360 e. The summed E-state index contributed by atoms with van der Waals surface area (Å²) in [6, 6.07) is 11.2. The second kappa shape index (κ2) is 6.14. The lowest BCUT2D eigenvalue weighted by Crippen LogP contribution is -2.04. The van der Waals surface area contributed by atoms with Gasteiger partial charge in [-0.05, 0) is 23.1 Å². The van der Waals surface area contributed by atoms with Gasteiger partial charge in [0.1, 0.15) is 0 Å². The van der Waals surface area contributed by atoms with Crippen molar-refractivity contribution in [2.24, 2.45) is 0 Å². The van der Waals surface area contributed by atoms with E-state index in [-0.39, 0.29) is 5.69 Å². The van der Waals surface area contributed by atoms with E-state index in [0.29, 0.717) is 18.3 Å². The third-order valence-electron chi connectivity index (χ3n) is 3.09. The number of nitro groups is 1. The summed E-state index contributed by atoms with van der Waals surface area (Å²) in [6.07, 6.45) is 1.54. The molecule has 1 N–H and O–H groups in total. The van der Waals surface area contributed by atoms with Crippen LogP contribution in [-0.2, 0) is 6.54 Å². The lowest BCUT2D eigenvalue weighted by atomic mass is 10.0. The van der Waals surface area contributed by atoms with E-state index in [0.717, 1.165) is 5.56 Å². The smallest absolute Gasteiger partial charge is 0.311 e. The SMILES string of the molecule is CC(C)c1ccc(CNc2ncccc2[N+](=O)[O-])cc1. The zero-order valence-electron chi connectivity index (χ0n) is 11.5. The molecule has 5 nitrogen and oxygen atoms in total. The number of nitrogens with one attached hydrogen (secondary N) is 1. The van der Waals surface area contributed by atoms with Crippen LogP contribution in [0.5, 0.6) is 0 Å². The van der Waals surface area contributed by atoms with Crippen LogP contribution >= 0.6 is 0 Å². The summed E-state index contributed by atoms with van der Waals surface area (Å²) in [6.45, 7) is 4.80. The highest BCUT2D eigenvalue weighted by atomic mass is 16.6. The molecule has 0 atom stereocenters. The van der Waals surface area contributed by atoms with Gasteiger partial charge in [0.25, 0.3) is 0 Å². The van der Waals surface area contributed by atoms with Gasteiger partial charge in [-0.3, -0.25) is 10.1 Å². The highest BCUT2D eigenvalue weighted by Gasteiger charge is 2.13. The Morgan fingerprint density at radius 2 is 1.95 bits per heavy atom. The summed E-state index contributed by atoms with van der Waals surface area (Å²) in [7, 11) is 0. The molecule has 0 saturated carbocycles. The number of pyridine rings is 1. The molecule has 20 heavy (non-hydrogen) atoms. The Morgan fingerprint density at radius 3 is 2.55 bits per heavy atom. The lowest BCUT2D eigenvalue weighted by molar-refractivity contribution is -0.384. The highest BCUT2D eigenvalue weighted by Crippen LogP contribution is 2.21. The van der Waals surface area contributed by atoms with Crippen LogP contribution in [0.15, 0.2) is 42.6 Å². The second-order valence-corrected chi connectivity index (χ2v) is 4.88. The maximum Gasteiger partial charge on any atom is 0.311 e. The first kappa shape index (κ1) is 14.0. The van der Waals surface area contributed by atoms with Gasteiger partial charge in [-0.2, -0.15) is 0 Å². The summed E-state index contributed by atoms with van der Waals surface area (Å²) in [5, 5.41) is 13.9. The molecule has 0 unspecified atom stereocenters. The van der Waals surface area contributed by atoms with E-state index >= 15 is 0 Å². The van der Waals surface area contributed by atoms with Crippen molar-refractivity contribution >= 4 is 11.5 Å². The van der Waals surface area contributed by atoms with Crippen molar-refractivity contribution in [3.63, 3.8) is 0 Å². The summed E-state index contributed by atoms with van der Waals surface area (Å²) in [5.74, 6) is 0.791. The largest absolute Gasteiger partial charge is 0.360 e. The predicted octanol–water partition coefficient (Wildman–Crippen LogP) is 3.73. The third-order valence-corrected chi connectivity index (χ3v) is 3.09. The molecule has 2 rings (SSSR count). The van der Waals surface area contributed by atoms with Crippen LogP contribution in [0.25, 0.3) is 0 Å². The first-order valence-electron chi connectivity index (χ1n) is 6.50. The fourth-order valence-electron chi connectivity index (χ4n) is 1.89. The molecule has 1 aromatic heterocycles. The molecule has 0 aliphatic rings. The minimum atomic E-state index is -0.433. The predicted molar refractivity (Wildman–Crippen MR) is 78.7 cm³/mol. The lowest BCUT2D eigenvalue weighted by Gasteiger charge is -2.08. The molecular formula is C15H17N3O2. The summed E-state index contributed by atoms with van der Waals surface area (Å²) < 4.78 is 0. The van der Waals surface area contributed by atoms with Crippen molar-refractivity contribution in [3.8, 4) is 0 Å². The van der Waals surface area contributed by atoms with Gasteiger partial charge in [-0.15, -0.1) is 0 Å². The quantitative estimate of drug-likeness (QED) is 0.664. The maximum atomic E-state index is 10.9. The van der Waals surface area contributed by atoms with Gasteiger partial charge in [-0.25, -0.2) is 4.98 Å². The van der Waals surface area contributed by atoms with E-state index in [4.69, 9.17) is 0 Å². The summed E-state index contributed by atoms with van der Waals surface area (Å²) in [5.41, 5.74) is 2.33. The van der Waals surface area contributed by atoms with Gasteiger partial charge >= 0.3 is 5.69 Å². The Labute approximate surface area is 117 Å². The Morgan fingerprint density at radius 1 is 1.25 bits per heavy atom. The van der Waals surface area contributed by atoms with Gasteiger partial charge in [0.05, 0.1) is 4.92 Å². The van der Waals surface area contributed by atoms with Gasteiger partial charge in [0, 0.05) is 18.8 Å². The molecular weight excluding hydrogens is 254 g/mol. The molecule has 104 valence electrons. The molecule has 0 amide bonds. The van der Waals surface area contributed by atoms with Crippen LogP contribution < -0.4 is 5.32 Å². The van der Waals surface area contributed by atoms with Crippen LogP contribution in [0.2, 0.25) is 0 Å². The maximum absolute atomic E-state index is 10.9. The number of benzene rings is 1. The molecule has 1 aromatic carbocycles. The first-order valence-corrected chi connectivity index (χ1v) is 6.50. The average Bonchev–Trinajstić information content (AvgIpc) is 2.45. The normalized spacial score (nSPS) is 10.6. The minimum absolute atomic E-state index is 0.00806. The van der Waals surface area contributed by atoms with Crippen molar-refractivity contribution in [1.29, 1.82) is 0 Å². The zero-order valence-corrected chi connectivity index (χ0v) is 11.5. The Kier molecular flexibility index (Phi) is 4.30. The van der Waals surface area contributed by atoms with E-state index in [1.807, 2.05) is 12.1 Å². The molecule has 0 saturated heterocycles. The van der Waals surface area contributed by atoms with Crippen molar-refractivity contribution in [2.75, 3.05) is 5.32 Å². The molecule has 0 aliphatic heterocycles. The number of aromatic nitrogens is 1. The van der Waals surface area contributed by atoms with Crippen LogP contribution in [0.4, 0.5) is 11.5 Å². The second-order valence-electron chi connectivity index (χ2n) is 4.88. The molecule has 0 aliphatic carbocycles. The molecule has 5 heteroatoms. The molecule has 0 spiro atoms. The van der Waals surface area contributed by atoms with Crippen LogP contribution in [0.1, 0.15) is 30.9 Å². The Bertz CT molecular complexity index is 594. The van der Waals surface area contributed by atoms with Crippen LogP contribution in [-0.4, -0.2) is 9.91 Å². The highest BCUT2D eigenvalue weighted by molar-refractivity contribution is 5.55. The van der Waals surface area contributed by atoms with Gasteiger partial charge in [0.15, 0.2) is 0 Å². The Hall–Kier alpha value is -2.43. The summed E-state index contributed by atoms with van der Waals surface area (Å²) >= 11 is 0. The molecule has 0 radical (unpaired) electrons. The van der Waals surface area contributed by atoms with Crippen LogP contribution in [0.3, 0.4) is 0 Å². The van der Waals surface area contributed by atoms with Gasteiger partial charge < -0.3 is 5.32 Å². The zero-order chi connectivity index (χ0) is 14.5. The van der Waals surface area contributed by atoms with E-state index in [1.165, 1.54) is 17.8 Å². The molecule has 2 aromatic rings. The number of rotatable bonds is 5. The molecule has 0 fully saturated rings. The van der Waals surface area contributed by atoms with Crippen LogP contribution in [0, 0.1) is 10.1 Å². The van der Waals surface area contributed by atoms with E-state index in [1.54, 1.807) is 6.07 Å². The Balaban J connectivity index is 2.07. The fourth-order valence-corrected chi connectivity index (χ4v) is 1.89. The van der Waals surface area contributed by atoms with E-state index < -0.39 is 4.92 Å². The fraction of sp³-hybridized carbons (Fsp3) is 0.267. The third kappa shape index (κ3) is 3.32. The van der Waals surface area contributed by atoms with E-state index in [2.05, 4.69) is 36.3 Å².